The normalized spacial score (nSPS) is 12.7. The minimum absolute atomic E-state index is 0.0743. The third kappa shape index (κ3) is 4.77. The molecule has 0 spiro atoms. The molecule has 0 unspecified atom stereocenters. The van der Waals surface area contributed by atoms with Crippen LogP contribution in [0.3, 0.4) is 0 Å². The minimum atomic E-state index is -4.30. The predicted octanol–water partition coefficient (Wildman–Crippen LogP) is 3.11. The lowest BCUT2D eigenvalue weighted by Gasteiger charge is -2.07. The largest absolute Gasteiger partial charge is 0.389 e. The van der Waals surface area contributed by atoms with Gasteiger partial charge in [-0.25, -0.2) is 8.42 Å². The SMILES string of the molecule is Cc1ccc(S(=O)(=O)CCCC(F)(F)F)cc1. The van der Waals surface area contributed by atoms with Crippen molar-refractivity contribution in [1.82, 2.24) is 0 Å². The molecular formula is C11H13F3O2S. The van der Waals surface area contributed by atoms with Crippen molar-refractivity contribution < 1.29 is 21.6 Å². The van der Waals surface area contributed by atoms with E-state index in [2.05, 4.69) is 0 Å². The van der Waals surface area contributed by atoms with Crippen LogP contribution in [0.1, 0.15) is 18.4 Å². The summed E-state index contributed by atoms with van der Waals surface area (Å²) in [6.45, 7) is 1.81. The van der Waals surface area contributed by atoms with Crippen LogP contribution in [-0.2, 0) is 9.84 Å². The van der Waals surface area contributed by atoms with Crippen LogP contribution in [0.4, 0.5) is 13.2 Å². The molecule has 0 aliphatic heterocycles. The van der Waals surface area contributed by atoms with Crippen molar-refractivity contribution in [2.45, 2.75) is 30.8 Å². The van der Waals surface area contributed by atoms with Crippen molar-refractivity contribution in [3.05, 3.63) is 29.8 Å². The number of benzene rings is 1. The van der Waals surface area contributed by atoms with E-state index in [0.717, 1.165) is 5.56 Å². The lowest BCUT2D eigenvalue weighted by molar-refractivity contribution is -0.134. The maximum Gasteiger partial charge on any atom is 0.389 e. The third-order valence-corrected chi connectivity index (χ3v) is 4.07. The van der Waals surface area contributed by atoms with Gasteiger partial charge in [-0.3, -0.25) is 0 Å². The molecule has 0 bridgehead atoms. The molecule has 17 heavy (non-hydrogen) atoms. The zero-order chi connectivity index (χ0) is 13.1. The summed E-state index contributed by atoms with van der Waals surface area (Å²) in [6, 6.07) is 6.07. The Morgan fingerprint density at radius 2 is 1.65 bits per heavy atom. The van der Waals surface area contributed by atoms with Gasteiger partial charge < -0.3 is 0 Å². The average Bonchev–Trinajstić information content (AvgIpc) is 2.15. The molecule has 0 saturated carbocycles. The second-order valence-electron chi connectivity index (χ2n) is 3.85. The molecule has 2 nitrogen and oxygen atoms in total. The van der Waals surface area contributed by atoms with E-state index < -0.39 is 34.6 Å². The number of rotatable bonds is 4. The summed E-state index contributed by atoms with van der Waals surface area (Å²) < 4.78 is 59.0. The molecule has 0 atom stereocenters. The topological polar surface area (TPSA) is 34.1 Å². The van der Waals surface area contributed by atoms with Gasteiger partial charge in [0.1, 0.15) is 0 Å². The zero-order valence-corrected chi connectivity index (χ0v) is 10.1. The van der Waals surface area contributed by atoms with E-state index in [0.29, 0.717) is 0 Å². The zero-order valence-electron chi connectivity index (χ0n) is 9.29. The Morgan fingerprint density at radius 1 is 1.12 bits per heavy atom. The highest BCUT2D eigenvalue weighted by Crippen LogP contribution is 2.23. The summed E-state index contributed by atoms with van der Waals surface area (Å²) in [4.78, 5) is 0.0743. The molecule has 0 heterocycles. The summed E-state index contributed by atoms with van der Waals surface area (Å²) in [7, 11) is -3.60. The van der Waals surface area contributed by atoms with E-state index in [1.165, 1.54) is 12.1 Å². The highest BCUT2D eigenvalue weighted by Gasteiger charge is 2.27. The minimum Gasteiger partial charge on any atom is -0.224 e. The van der Waals surface area contributed by atoms with E-state index in [4.69, 9.17) is 0 Å². The molecule has 1 aromatic rings. The predicted molar refractivity (Wildman–Crippen MR) is 58.5 cm³/mol. The van der Waals surface area contributed by atoms with Gasteiger partial charge in [0.15, 0.2) is 9.84 Å². The highest BCUT2D eigenvalue weighted by molar-refractivity contribution is 7.91. The van der Waals surface area contributed by atoms with Crippen molar-refractivity contribution in [3.8, 4) is 0 Å². The molecule has 0 aromatic heterocycles. The lowest BCUT2D eigenvalue weighted by atomic mass is 10.2. The summed E-state index contributed by atoms with van der Waals surface area (Å²) in [5, 5.41) is 0. The molecule has 6 heteroatoms. The molecule has 0 aliphatic rings. The fourth-order valence-electron chi connectivity index (χ4n) is 1.33. The van der Waals surface area contributed by atoms with Gasteiger partial charge in [-0.2, -0.15) is 13.2 Å². The van der Waals surface area contributed by atoms with E-state index >= 15 is 0 Å². The molecule has 0 saturated heterocycles. The molecule has 0 N–H and O–H groups in total. The van der Waals surface area contributed by atoms with Crippen molar-refractivity contribution in [2.75, 3.05) is 5.75 Å². The van der Waals surface area contributed by atoms with Gasteiger partial charge in [-0.1, -0.05) is 17.7 Å². The van der Waals surface area contributed by atoms with E-state index in [-0.39, 0.29) is 4.90 Å². The van der Waals surface area contributed by atoms with Gasteiger partial charge in [0.2, 0.25) is 0 Å². The average molecular weight is 266 g/mol. The smallest absolute Gasteiger partial charge is 0.224 e. The Bertz CT molecular complexity index is 460. The standard InChI is InChI=1S/C11H13F3O2S/c1-9-3-5-10(6-4-9)17(15,16)8-2-7-11(12,13)14/h3-6H,2,7-8H2,1H3. The third-order valence-electron chi connectivity index (χ3n) is 2.25. The first-order valence-corrected chi connectivity index (χ1v) is 6.72. The fraction of sp³-hybridized carbons (Fsp3) is 0.455. The second-order valence-corrected chi connectivity index (χ2v) is 5.96. The number of hydrogen-bond donors (Lipinski definition) is 0. The van der Waals surface area contributed by atoms with E-state index in [9.17, 15) is 21.6 Å². The van der Waals surface area contributed by atoms with Crippen LogP contribution < -0.4 is 0 Å². The number of aryl methyl sites for hydroxylation is 1. The molecule has 0 amide bonds. The molecule has 1 rings (SSSR count). The number of sulfone groups is 1. The highest BCUT2D eigenvalue weighted by atomic mass is 32.2. The second kappa shape index (κ2) is 5.08. The first-order valence-electron chi connectivity index (χ1n) is 5.07. The Balaban J connectivity index is 2.66. The molecular weight excluding hydrogens is 253 g/mol. The Hall–Kier alpha value is -1.04. The van der Waals surface area contributed by atoms with Crippen molar-refractivity contribution in [2.24, 2.45) is 0 Å². The van der Waals surface area contributed by atoms with Gasteiger partial charge in [0, 0.05) is 6.42 Å². The Morgan fingerprint density at radius 3 is 2.12 bits per heavy atom. The molecule has 0 aliphatic carbocycles. The number of hydrogen-bond acceptors (Lipinski definition) is 2. The summed E-state index contributed by atoms with van der Waals surface area (Å²) in [5.41, 5.74) is 0.902. The molecule has 0 radical (unpaired) electrons. The van der Waals surface area contributed by atoms with Crippen molar-refractivity contribution in [3.63, 3.8) is 0 Å². The van der Waals surface area contributed by atoms with Crippen LogP contribution >= 0.6 is 0 Å². The monoisotopic (exact) mass is 266 g/mol. The van der Waals surface area contributed by atoms with Gasteiger partial charge in [-0.05, 0) is 25.5 Å². The maximum absolute atomic E-state index is 11.9. The van der Waals surface area contributed by atoms with E-state index in [1.807, 2.05) is 0 Å². The quantitative estimate of drug-likeness (QED) is 0.839. The first-order chi connectivity index (χ1) is 7.71. The van der Waals surface area contributed by atoms with Gasteiger partial charge in [0.25, 0.3) is 0 Å². The summed E-state index contributed by atoms with van der Waals surface area (Å²) in [5.74, 6) is -0.477. The molecule has 1 aromatic carbocycles. The molecule has 96 valence electrons. The summed E-state index contributed by atoms with van der Waals surface area (Å²) in [6.07, 6.45) is -5.78. The fourth-order valence-corrected chi connectivity index (χ4v) is 2.64. The van der Waals surface area contributed by atoms with Crippen molar-refractivity contribution in [1.29, 1.82) is 0 Å². The van der Waals surface area contributed by atoms with Crippen LogP contribution in [-0.4, -0.2) is 20.3 Å². The van der Waals surface area contributed by atoms with Gasteiger partial charge in [0.05, 0.1) is 10.6 Å². The van der Waals surface area contributed by atoms with Crippen molar-refractivity contribution >= 4 is 9.84 Å². The number of halogens is 3. The van der Waals surface area contributed by atoms with Crippen LogP contribution in [0.25, 0.3) is 0 Å². The van der Waals surface area contributed by atoms with E-state index in [1.54, 1.807) is 19.1 Å². The Kier molecular flexibility index (Phi) is 4.19. The van der Waals surface area contributed by atoms with Crippen LogP contribution in [0.5, 0.6) is 0 Å². The maximum atomic E-state index is 11.9. The number of alkyl halides is 3. The first kappa shape index (κ1) is 14.0. The lowest BCUT2D eigenvalue weighted by Crippen LogP contribution is -2.12. The van der Waals surface area contributed by atoms with Gasteiger partial charge in [-0.15, -0.1) is 0 Å². The van der Waals surface area contributed by atoms with Gasteiger partial charge >= 0.3 is 6.18 Å². The Labute approximate surface area is 98.4 Å². The summed E-state index contributed by atoms with van der Waals surface area (Å²) >= 11 is 0. The van der Waals surface area contributed by atoms with Crippen LogP contribution in [0.2, 0.25) is 0 Å². The molecule has 0 fully saturated rings. The van der Waals surface area contributed by atoms with Crippen LogP contribution in [0, 0.1) is 6.92 Å². The van der Waals surface area contributed by atoms with Crippen LogP contribution in [0.15, 0.2) is 29.2 Å².